The van der Waals surface area contributed by atoms with Gasteiger partial charge in [0.1, 0.15) is 77.9 Å². The summed E-state index contributed by atoms with van der Waals surface area (Å²) in [5.74, 6) is 12.2. The molecule has 3 saturated heterocycles. The van der Waals surface area contributed by atoms with Crippen LogP contribution in [-0.4, -0.2) is 146 Å². The molecular formula is C122H145Cl5O17. The lowest BCUT2D eigenvalue weighted by Gasteiger charge is -2.49. The molecule has 10 aromatic rings. The van der Waals surface area contributed by atoms with Gasteiger partial charge in [-0.15, -0.1) is 0 Å². The second kappa shape index (κ2) is 46.4. The van der Waals surface area contributed by atoms with Gasteiger partial charge in [0.2, 0.25) is 5.79 Å². The van der Waals surface area contributed by atoms with Gasteiger partial charge in [0, 0.05) is 49.3 Å². The lowest BCUT2D eigenvalue weighted by atomic mass is 9.72. The Morgan fingerprint density at radius 1 is 0.326 bits per heavy atom. The number of benzene rings is 10. The maximum Gasteiger partial charge on any atom is 0.224 e. The predicted octanol–water partition coefficient (Wildman–Crippen LogP) is 24.0. The molecule has 17 nitrogen and oxygen atoms in total. The molecule has 0 aromatic heterocycles. The SMILES string of the molecule is CC1C[C@@H]2C[C@@H]2C1.CC[C@H]1OC(O)(c2ccc(Cl)c(Cc3ccc(OC4C[C@@H]5C[C@@H]5C4)cc3)c2)[C@H](C)[C@@H](C)[C@@H]1C.COC1(c2ccc(Cl)c(Cc3ccc(OC4C[C@@H]5C[C@@H]5C4)cc3)c2)O[C@H](CO)[C@@H](O)[C@H](O)[C@H]1O.Cc1ccc(Cc2cc(C)ccc2Cl)cc1.Cc1ccc(Cl)c(Cc2ccc(OC3C[C@@H]4C[C@@H]4C3)cc2)c1.OC[C@H]1OC(c2ccc(Cl)c(Cc3ccc(OC4C[C@@H]5C[C@@H]5C4)cc3)c2)[C@H](O)[C@@H](O)[C@@H]1O. The van der Waals surface area contributed by atoms with Crippen LogP contribution in [-0.2, 0) is 62.6 Å². The summed E-state index contributed by atoms with van der Waals surface area (Å²) >= 11 is 32.0. The fraction of sp³-hybridized carbons (Fsp3) is 0.508. The third-order valence-electron chi connectivity index (χ3n) is 33.7. The molecule has 770 valence electrons. The van der Waals surface area contributed by atoms with Crippen molar-refractivity contribution in [3.05, 3.63) is 326 Å². The number of aryl methyl sites for hydroxylation is 3. The van der Waals surface area contributed by atoms with Gasteiger partial charge in [-0.1, -0.05) is 231 Å². The minimum absolute atomic E-state index is 0.0117. The normalized spacial score (nSPS) is 33.2. The van der Waals surface area contributed by atoms with Crippen LogP contribution >= 0.6 is 58.0 Å². The molecule has 3 aliphatic heterocycles. The number of aliphatic hydroxyl groups excluding tert-OH is 8. The summed E-state index contributed by atoms with van der Waals surface area (Å²) in [4.78, 5) is 0. The van der Waals surface area contributed by atoms with E-state index < -0.39 is 79.7 Å². The molecule has 13 aliphatic rings. The van der Waals surface area contributed by atoms with Gasteiger partial charge in [-0.3, -0.25) is 0 Å². The average molecular weight is 2060 g/mol. The number of rotatable bonds is 25. The Balaban J connectivity index is 0.000000118. The zero-order valence-corrected chi connectivity index (χ0v) is 88.1. The Morgan fingerprint density at radius 3 is 1.00 bits per heavy atom. The molecule has 13 fully saturated rings. The number of fused-ring (bicyclic) bond motifs is 5. The minimum Gasteiger partial charge on any atom is -0.490 e. The third-order valence-corrected chi connectivity index (χ3v) is 35.5. The molecule has 10 aliphatic carbocycles. The number of ether oxygens (including phenoxy) is 8. The molecule has 22 heteroatoms. The number of aliphatic hydroxyl groups is 9. The maximum absolute atomic E-state index is 11.7. The summed E-state index contributed by atoms with van der Waals surface area (Å²) in [6, 6.07) is 70.1. The average Bonchev–Trinajstić information content (AvgIpc) is 1.41. The molecule has 0 amide bonds. The number of halogens is 5. The van der Waals surface area contributed by atoms with Crippen LogP contribution in [0.4, 0.5) is 0 Å². The molecule has 30 atom stereocenters. The van der Waals surface area contributed by atoms with E-state index in [2.05, 4.69) is 146 Å². The van der Waals surface area contributed by atoms with Crippen LogP contribution in [0.15, 0.2) is 212 Å². The second-order valence-electron chi connectivity index (χ2n) is 44.5. The van der Waals surface area contributed by atoms with Crippen LogP contribution in [0.1, 0.15) is 232 Å². The van der Waals surface area contributed by atoms with E-state index in [0.29, 0.717) is 81.7 Å². The summed E-state index contributed by atoms with van der Waals surface area (Å²) in [6.07, 6.45) is 14.2. The van der Waals surface area contributed by atoms with Crippen molar-refractivity contribution in [2.24, 2.45) is 82.9 Å². The van der Waals surface area contributed by atoms with Crippen molar-refractivity contribution in [3.63, 3.8) is 0 Å². The highest BCUT2D eigenvalue weighted by atomic mass is 35.5. The van der Waals surface area contributed by atoms with Gasteiger partial charge in [0.15, 0.2) is 5.79 Å². The molecule has 9 N–H and O–H groups in total. The van der Waals surface area contributed by atoms with Crippen LogP contribution in [0.25, 0.3) is 0 Å². The van der Waals surface area contributed by atoms with Gasteiger partial charge < -0.3 is 83.9 Å². The summed E-state index contributed by atoms with van der Waals surface area (Å²) in [6.45, 7) is 16.3. The summed E-state index contributed by atoms with van der Waals surface area (Å²) < 4.78 is 47.9. The molecule has 144 heavy (non-hydrogen) atoms. The monoisotopic (exact) mass is 2060 g/mol. The first-order valence-corrected chi connectivity index (χ1v) is 54.6. The molecular weight excluding hydrogens is 1910 g/mol. The van der Waals surface area contributed by atoms with Crippen molar-refractivity contribution in [2.45, 2.75) is 287 Å². The van der Waals surface area contributed by atoms with Crippen molar-refractivity contribution >= 4 is 58.0 Å². The molecule has 23 rings (SSSR count). The Hall–Kier alpha value is -7.67. The van der Waals surface area contributed by atoms with Crippen molar-refractivity contribution in [3.8, 4) is 23.0 Å². The molecule has 10 aromatic carbocycles. The van der Waals surface area contributed by atoms with Gasteiger partial charge in [-0.05, 0) is 385 Å². The first-order valence-electron chi connectivity index (χ1n) is 52.8. The molecule has 0 spiro atoms. The second-order valence-corrected chi connectivity index (χ2v) is 46.5. The van der Waals surface area contributed by atoms with Gasteiger partial charge >= 0.3 is 0 Å². The van der Waals surface area contributed by atoms with Crippen molar-refractivity contribution < 1.29 is 83.9 Å². The van der Waals surface area contributed by atoms with Gasteiger partial charge in [0.25, 0.3) is 0 Å². The van der Waals surface area contributed by atoms with E-state index in [1.54, 1.807) is 49.6 Å². The molecule has 8 unspecified atom stereocenters. The van der Waals surface area contributed by atoms with E-state index in [4.69, 9.17) is 95.9 Å². The quantitative estimate of drug-likeness (QED) is 0.0258. The van der Waals surface area contributed by atoms with E-state index in [-0.39, 0.29) is 12.0 Å². The smallest absolute Gasteiger partial charge is 0.224 e. The highest BCUT2D eigenvalue weighted by Crippen LogP contribution is 2.58. The summed E-state index contributed by atoms with van der Waals surface area (Å²) in [5.41, 5.74) is 16.5. The predicted molar refractivity (Wildman–Crippen MR) is 567 cm³/mol. The van der Waals surface area contributed by atoms with Crippen LogP contribution in [0, 0.1) is 104 Å². The zero-order valence-electron chi connectivity index (χ0n) is 84.3. The van der Waals surface area contributed by atoms with Crippen LogP contribution in [0.3, 0.4) is 0 Å². The lowest BCUT2D eigenvalue weighted by Crippen LogP contribution is -2.64. The molecule has 10 saturated carbocycles. The van der Waals surface area contributed by atoms with E-state index in [0.717, 1.165) is 152 Å². The summed E-state index contributed by atoms with van der Waals surface area (Å²) in [7, 11) is 1.34. The Labute approximate surface area is 875 Å². The van der Waals surface area contributed by atoms with Crippen LogP contribution < -0.4 is 18.9 Å². The van der Waals surface area contributed by atoms with Crippen LogP contribution in [0.2, 0.25) is 25.1 Å². The first-order chi connectivity index (χ1) is 69.2. The topological polar surface area (TPSA) is 256 Å². The Morgan fingerprint density at radius 2 is 0.646 bits per heavy atom. The van der Waals surface area contributed by atoms with Gasteiger partial charge in [-0.25, -0.2) is 0 Å². The zero-order chi connectivity index (χ0) is 101. The molecule has 0 radical (unpaired) electrons. The van der Waals surface area contributed by atoms with E-state index in [1.165, 1.54) is 128 Å². The first kappa shape index (κ1) is 106. The fourth-order valence-electron chi connectivity index (χ4n) is 24.2. The van der Waals surface area contributed by atoms with Gasteiger partial charge in [-0.2, -0.15) is 0 Å². The van der Waals surface area contributed by atoms with E-state index in [9.17, 15) is 46.0 Å². The standard InChI is InChI=1S/C29H37ClO3.C26H31ClO7.C25H29ClO6.C20H21ClO.C15H15Cl.C7H12/c1-5-28-18(3)17(2)19(4)29(31,33-28)24-8-11-27(30)23(14-24)12-20-6-9-25(10-7-20)32-26-15-21-13-22(21)16-26;1-32-26(25(31)24(30)23(29)22(13-28)34-26)18-4-7-21(27)17(10-18)8-14-2-5-19(6-3-14)33-20-11-15-9-16(15)12-20;26-20-6-3-14(25-24(30)23(29)22(28)21(12-27)32-25)8-17(20)7-13-1-4-18(5-2-13)31-19-10-15-9-16(15)11-19;1-13-2-7-20(21)17(8-13)9-14-3-5-18(6-4-14)22-19-11-15-10-16(15)12-19;1-11-3-6-13(7-4-11)10-14-9-12(2)5-8-15(14)16;1-5-2-6-4-7(6)3-5/h6-11,14,17-19,21-22,26,28,31H,5,12-13,15-16H2,1-4H3;2-7,10,15-16,20,22-25,28-31H,8-9,11-13H2,1H3;1-6,8,15-16,19,21-25,27-30H,7,9-12H2;2-8,15-16,19H,9-12H2,1H3;3-9H,10H2,1-2H3;5-7H,2-4H2,1H3/t17-,18-,19+,21-,22+,26?,28+,29?;15-,16+,20?,22-,23-,24+,25-,26?;15-,16+,19?,21-,22-,23+,24-,25?;15-,16+,19?;;5?,6-,7+/m011.../s1. The Kier molecular flexibility index (Phi) is 34.2. The number of hydrogen-bond donors (Lipinski definition) is 9. The van der Waals surface area contributed by atoms with Crippen molar-refractivity contribution in [2.75, 3.05) is 20.3 Å². The van der Waals surface area contributed by atoms with E-state index in [1.807, 2.05) is 91.0 Å². The maximum atomic E-state index is 11.7. The Bertz CT molecular complexity index is 5900. The molecule has 0 bridgehead atoms. The highest BCUT2D eigenvalue weighted by Gasteiger charge is 2.57. The highest BCUT2D eigenvalue weighted by molar-refractivity contribution is 6.32. The fourth-order valence-corrected chi connectivity index (χ4v) is 25.2. The van der Waals surface area contributed by atoms with E-state index >= 15 is 0 Å². The molecule has 3 heterocycles. The number of methoxy groups -OCH3 is 1. The van der Waals surface area contributed by atoms with Crippen molar-refractivity contribution in [1.29, 1.82) is 0 Å². The van der Waals surface area contributed by atoms with Crippen molar-refractivity contribution in [1.82, 2.24) is 0 Å². The van der Waals surface area contributed by atoms with Gasteiger partial charge in [0.05, 0.1) is 43.7 Å². The number of hydrogen-bond acceptors (Lipinski definition) is 17. The largest absolute Gasteiger partial charge is 0.490 e. The third kappa shape index (κ3) is 25.8. The summed E-state index contributed by atoms with van der Waals surface area (Å²) in [5, 5.41) is 96.1. The van der Waals surface area contributed by atoms with Crippen LogP contribution in [0.5, 0.6) is 23.0 Å². The minimum atomic E-state index is -1.77. The lowest BCUT2D eigenvalue weighted by molar-refractivity contribution is -0.366.